The number of fused-ring (bicyclic) bond motifs is 9. The number of aromatic nitrogens is 4. The highest BCUT2D eigenvalue weighted by Gasteiger charge is 2.19. The van der Waals surface area contributed by atoms with Crippen LogP contribution in [0, 0.1) is 0 Å². The van der Waals surface area contributed by atoms with Gasteiger partial charge < -0.3 is 4.57 Å². The topological polar surface area (TPSA) is 35.6 Å². The highest BCUT2D eigenvalue weighted by atomic mass is 15.2. The zero-order valence-corrected chi connectivity index (χ0v) is 28.1. The van der Waals surface area contributed by atoms with Crippen LogP contribution in [0.25, 0.3) is 99.3 Å². The van der Waals surface area contributed by atoms with Crippen molar-refractivity contribution < 1.29 is 0 Å². The lowest BCUT2D eigenvalue weighted by atomic mass is 10.0. The number of para-hydroxylation sites is 3. The Balaban J connectivity index is 1.14. The van der Waals surface area contributed by atoms with E-state index in [0.29, 0.717) is 5.95 Å². The van der Waals surface area contributed by atoms with Crippen molar-refractivity contribution in [2.24, 2.45) is 0 Å². The van der Waals surface area contributed by atoms with Gasteiger partial charge in [-0.1, -0.05) is 127 Å². The Labute approximate surface area is 299 Å². The molecule has 0 fully saturated rings. The smallest absolute Gasteiger partial charge is 0.235 e. The summed E-state index contributed by atoms with van der Waals surface area (Å²) in [5.74, 6) is 0.664. The van der Waals surface area contributed by atoms with Gasteiger partial charge in [-0.15, -0.1) is 0 Å². The van der Waals surface area contributed by atoms with Crippen LogP contribution >= 0.6 is 0 Å². The van der Waals surface area contributed by atoms with Gasteiger partial charge in [0, 0.05) is 43.6 Å². The Morgan fingerprint density at radius 2 is 0.865 bits per heavy atom. The fourth-order valence-corrected chi connectivity index (χ4v) is 8.14. The minimum Gasteiger partial charge on any atom is -0.309 e. The van der Waals surface area contributed by atoms with E-state index in [4.69, 9.17) is 9.97 Å². The maximum atomic E-state index is 5.35. The average molecular weight is 663 g/mol. The SMILES string of the molecule is c1ccc(-c2nc(-n3c4ccccc4c4cc(-c5ccc6c(c5)c5ccccc5n6-c5ccccc5)ccc43)nc3c2ccc2ccccc23)cc1. The summed E-state index contributed by atoms with van der Waals surface area (Å²) >= 11 is 0. The van der Waals surface area contributed by atoms with E-state index in [2.05, 4.69) is 185 Å². The molecule has 242 valence electrons. The van der Waals surface area contributed by atoms with Crippen LogP contribution in [0.3, 0.4) is 0 Å². The van der Waals surface area contributed by atoms with Crippen molar-refractivity contribution >= 4 is 65.3 Å². The number of nitrogens with zero attached hydrogens (tertiary/aromatic N) is 4. The van der Waals surface area contributed by atoms with Crippen molar-refractivity contribution in [3.63, 3.8) is 0 Å². The van der Waals surface area contributed by atoms with E-state index >= 15 is 0 Å². The normalized spacial score (nSPS) is 11.8. The van der Waals surface area contributed by atoms with Gasteiger partial charge in [0.1, 0.15) is 0 Å². The lowest BCUT2D eigenvalue weighted by Gasteiger charge is -2.13. The van der Waals surface area contributed by atoms with Gasteiger partial charge in [-0.25, -0.2) is 9.97 Å². The molecule has 11 aromatic rings. The zero-order chi connectivity index (χ0) is 34.2. The van der Waals surface area contributed by atoms with Crippen molar-refractivity contribution in [1.29, 1.82) is 0 Å². The number of rotatable bonds is 4. The molecule has 4 nitrogen and oxygen atoms in total. The van der Waals surface area contributed by atoms with Gasteiger partial charge in [0.15, 0.2) is 0 Å². The molecular weight excluding hydrogens is 633 g/mol. The van der Waals surface area contributed by atoms with Crippen LogP contribution in [0.1, 0.15) is 0 Å². The molecule has 4 heteroatoms. The summed E-state index contributed by atoms with van der Waals surface area (Å²) in [7, 11) is 0. The predicted octanol–water partition coefficient (Wildman–Crippen LogP) is 12.3. The quantitative estimate of drug-likeness (QED) is 0.176. The van der Waals surface area contributed by atoms with Gasteiger partial charge in [0.05, 0.1) is 33.3 Å². The van der Waals surface area contributed by atoms with Crippen molar-refractivity contribution in [2.75, 3.05) is 0 Å². The molecular formula is C48H30N4. The van der Waals surface area contributed by atoms with Gasteiger partial charge in [-0.05, 0) is 71.1 Å². The van der Waals surface area contributed by atoms with Crippen LogP contribution in [-0.2, 0) is 0 Å². The first-order valence-corrected chi connectivity index (χ1v) is 17.7. The summed E-state index contributed by atoms with van der Waals surface area (Å²) in [6.45, 7) is 0. The molecule has 0 saturated heterocycles. The third-order valence-electron chi connectivity index (χ3n) is 10.5. The van der Waals surface area contributed by atoms with E-state index in [1.54, 1.807) is 0 Å². The molecule has 0 N–H and O–H groups in total. The Morgan fingerprint density at radius 3 is 1.56 bits per heavy atom. The molecule has 0 spiro atoms. The molecule has 3 aromatic heterocycles. The van der Waals surface area contributed by atoms with E-state index in [1.165, 1.54) is 43.7 Å². The molecule has 0 saturated carbocycles. The summed E-state index contributed by atoms with van der Waals surface area (Å²) in [4.78, 5) is 10.7. The highest BCUT2D eigenvalue weighted by Crippen LogP contribution is 2.39. The second-order valence-corrected chi connectivity index (χ2v) is 13.4. The molecule has 0 amide bonds. The predicted molar refractivity (Wildman–Crippen MR) is 217 cm³/mol. The number of hydrogen-bond acceptors (Lipinski definition) is 2. The third kappa shape index (κ3) is 4.28. The monoisotopic (exact) mass is 662 g/mol. The molecule has 11 rings (SSSR count). The molecule has 0 atom stereocenters. The van der Waals surface area contributed by atoms with Gasteiger partial charge in [-0.2, -0.15) is 0 Å². The maximum absolute atomic E-state index is 5.35. The lowest BCUT2D eigenvalue weighted by molar-refractivity contribution is 1.02. The van der Waals surface area contributed by atoms with Crippen molar-refractivity contribution in [3.8, 4) is 34.0 Å². The fourth-order valence-electron chi connectivity index (χ4n) is 8.14. The summed E-state index contributed by atoms with van der Waals surface area (Å²) < 4.78 is 4.60. The van der Waals surface area contributed by atoms with Crippen LogP contribution in [0.5, 0.6) is 0 Å². The Hall–Kier alpha value is -7.04. The molecule has 0 aliphatic rings. The van der Waals surface area contributed by atoms with Crippen LogP contribution < -0.4 is 0 Å². The van der Waals surface area contributed by atoms with Crippen LogP contribution in [0.15, 0.2) is 182 Å². The van der Waals surface area contributed by atoms with E-state index in [-0.39, 0.29) is 0 Å². The van der Waals surface area contributed by atoms with Gasteiger partial charge in [-0.3, -0.25) is 4.57 Å². The Bertz CT molecular complexity index is 3170. The van der Waals surface area contributed by atoms with E-state index < -0.39 is 0 Å². The van der Waals surface area contributed by atoms with E-state index in [1.807, 2.05) is 6.07 Å². The van der Waals surface area contributed by atoms with E-state index in [0.717, 1.165) is 49.7 Å². The minimum absolute atomic E-state index is 0.664. The number of benzene rings is 8. The molecule has 0 aliphatic carbocycles. The largest absolute Gasteiger partial charge is 0.309 e. The maximum Gasteiger partial charge on any atom is 0.235 e. The molecule has 3 heterocycles. The molecule has 8 aromatic carbocycles. The third-order valence-corrected chi connectivity index (χ3v) is 10.5. The molecule has 0 radical (unpaired) electrons. The Kier molecular flexibility index (Phi) is 6.22. The molecule has 52 heavy (non-hydrogen) atoms. The first-order valence-electron chi connectivity index (χ1n) is 17.7. The Morgan fingerprint density at radius 1 is 0.327 bits per heavy atom. The second kappa shape index (κ2) is 11.2. The average Bonchev–Trinajstić information content (AvgIpc) is 3.73. The van der Waals surface area contributed by atoms with Gasteiger partial charge >= 0.3 is 0 Å². The standard InChI is InChI=1S/C48H30N4/c1-3-14-32(15-4-1)46-39-26-23-31-13-7-8-18-36(31)47(39)50-48(49-46)52-43-22-12-10-20-38(43)41-30-34(25-28-45(41)52)33-24-27-44-40(29-33)37-19-9-11-21-42(37)51(44)35-16-5-2-6-17-35/h1-30H. The number of hydrogen-bond donors (Lipinski definition) is 0. The van der Waals surface area contributed by atoms with Gasteiger partial charge in [0.25, 0.3) is 0 Å². The summed E-state index contributed by atoms with van der Waals surface area (Å²) in [6, 6.07) is 64.9. The first-order chi connectivity index (χ1) is 25.8. The summed E-state index contributed by atoms with van der Waals surface area (Å²) in [5, 5.41) is 8.15. The lowest BCUT2D eigenvalue weighted by Crippen LogP contribution is -2.03. The van der Waals surface area contributed by atoms with Crippen LogP contribution in [-0.4, -0.2) is 19.1 Å². The summed E-state index contributed by atoms with van der Waals surface area (Å²) in [6.07, 6.45) is 0. The summed E-state index contributed by atoms with van der Waals surface area (Å²) in [5.41, 5.74) is 11.0. The van der Waals surface area contributed by atoms with Crippen LogP contribution in [0.4, 0.5) is 0 Å². The minimum atomic E-state index is 0.664. The second-order valence-electron chi connectivity index (χ2n) is 13.4. The fraction of sp³-hybridized carbons (Fsp3) is 0. The first kappa shape index (κ1) is 28.8. The molecule has 0 bridgehead atoms. The van der Waals surface area contributed by atoms with Gasteiger partial charge in [0.2, 0.25) is 5.95 Å². The van der Waals surface area contributed by atoms with E-state index in [9.17, 15) is 0 Å². The van der Waals surface area contributed by atoms with Crippen molar-refractivity contribution in [2.45, 2.75) is 0 Å². The van der Waals surface area contributed by atoms with Crippen molar-refractivity contribution in [1.82, 2.24) is 19.1 Å². The van der Waals surface area contributed by atoms with Crippen LogP contribution in [0.2, 0.25) is 0 Å². The van der Waals surface area contributed by atoms with Crippen molar-refractivity contribution in [3.05, 3.63) is 182 Å². The highest BCUT2D eigenvalue weighted by molar-refractivity contribution is 6.13. The molecule has 0 unspecified atom stereocenters. The molecule has 0 aliphatic heterocycles. The zero-order valence-electron chi connectivity index (χ0n) is 28.1.